The highest BCUT2D eigenvalue weighted by Crippen LogP contribution is 2.22. The zero-order chi connectivity index (χ0) is 9.14. The maximum atomic E-state index is 8.62. The highest BCUT2D eigenvalue weighted by molar-refractivity contribution is 6.29. The smallest absolute Gasteiger partial charge is 0.152 e. The van der Waals surface area contributed by atoms with Crippen molar-refractivity contribution in [1.29, 1.82) is 5.26 Å². The van der Waals surface area contributed by atoms with Crippen LogP contribution in [0.3, 0.4) is 0 Å². The van der Waals surface area contributed by atoms with E-state index in [1.54, 1.807) is 7.05 Å². The average Bonchev–Trinajstić information content (AvgIpc) is 2.08. The minimum Gasteiger partial charge on any atom is -0.395 e. The summed E-state index contributed by atoms with van der Waals surface area (Å²) in [6, 6.07) is 3.35. The molecule has 0 saturated heterocycles. The Morgan fingerprint density at radius 2 is 2.42 bits per heavy atom. The highest BCUT2D eigenvalue weighted by Gasteiger charge is 2.06. The van der Waals surface area contributed by atoms with Crippen LogP contribution >= 0.6 is 11.6 Å². The molecule has 1 heterocycles. The molecule has 0 aliphatic heterocycles. The molecule has 12 heavy (non-hydrogen) atoms. The SMILES string of the molecule is CNc1nc(Cl)cc(C#N)c1N. The van der Waals surface area contributed by atoms with E-state index >= 15 is 0 Å². The first-order valence-corrected chi connectivity index (χ1v) is 3.60. The molecule has 0 unspecified atom stereocenters. The molecule has 5 heteroatoms. The van der Waals surface area contributed by atoms with Crippen molar-refractivity contribution in [2.75, 3.05) is 18.1 Å². The summed E-state index contributed by atoms with van der Waals surface area (Å²) in [6.45, 7) is 0. The van der Waals surface area contributed by atoms with Gasteiger partial charge in [-0.1, -0.05) is 11.6 Å². The lowest BCUT2D eigenvalue weighted by Crippen LogP contribution is -2.01. The van der Waals surface area contributed by atoms with Crippen LogP contribution in [0.2, 0.25) is 5.15 Å². The van der Waals surface area contributed by atoms with E-state index in [9.17, 15) is 0 Å². The lowest BCUT2D eigenvalue weighted by atomic mass is 10.2. The quantitative estimate of drug-likeness (QED) is 0.641. The Labute approximate surface area is 75.0 Å². The Kier molecular flexibility index (Phi) is 2.36. The van der Waals surface area contributed by atoms with Crippen molar-refractivity contribution in [2.24, 2.45) is 0 Å². The molecule has 1 rings (SSSR count). The summed E-state index contributed by atoms with van der Waals surface area (Å²) in [7, 11) is 1.66. The molecule has 1 aromatic heterocycles. The summed E-state index contributed by atoms with van der Waals surface area (Å²) in [5.74, 6) is 0.430. The maximum Gasteiger partial charge on any atom is 0.152 e. The van der Waals surface area contributed by atoms with E-state index in [0.29, 0.717) is 17.1 Å². The van der Waals surface area contributed by atoms with Gasteiger partial charge in [-0.05, 0) is 6.07 Å². The third-order valence-electron chi connectivity index (χ3n) is 1.38. The van der Waals surface area contributed by atoms with Crippen LogP contribution in [0.25, 0.3) is 0 Å². The first-order chi connectivity index (χ1) is 5.69. The lowest BCUT2D eigenvalue weighted by Gasteiger charge is -2.04. The van der Waals surface area contributed by atoms with Gasteiger partial charge in [0.15, 0.2) is 5.82 Å². The van der Waals surface area contributed by atoms with Gasteiger partial charge in [0.1, 0.15) is 11.2 Å². The van der Waals surface area contributed by atoms with Crippen molar-refractivity contribution in [1.82, 2.24) is 4.98 Å². The Hall–Kier alpha value is -1.47. The van der Waals surface area contributed by atoms with Gasteiger partial charge in [0.25, 0.3) is 0 Å². The molecule has 0 saturated carbocycles. The number of hydrogen-bond acceptors (Lipinski definition) is 4. The van der Waals surface area contributed by atoms with E-state index < -0.39 is 0 Å². The van der Waals surface area contributed by atoms with Crippen LogP contribution < -0.4 is 11.1 Å². The molecule has 0 atom stereocenters. The van der Waals surface area contributed by atoms with Crippen LogP contribution in [0.5, 0.6) is 0 Å². The molecule has 0 aliphatic rings. The van der Waals surface area contributed by atoms with E-state index in [2.05, 4.69) is 10.3 Å². The number of nitrogens with one attached hydrogen (secondary N) is 1. The van der Waals surface area contributed by atoms with Crippen molar-refractivity contribution in [3.63, 3.8) is 0 Å². The number of aromatic nitrogens is 1. The van der Waals surface area contributed by atoms with Crippen LogP contribution in [0, 0.1) is 11.3 Å². The summed E-state index contributed by atoms with van der Waals surface area (Å²) in [5, 5.41) is 11.6. The molecule has 62 valence electrons. The predicted octanol–water partition coefficient (Wildman–Crippen LogP) is 1.23. The van der Waals surface area contributed by atoms with E-state index in [4.69, 9.17) is 22.6 Å². The van der Waals surface area contributed by atoms with Gasteiger partial charge >= 0.3 is 0 Å². The summed E-state index contributed by atoms with van der Waals surface area (Å²) in [6.07, 6.45) is 0. The van der Waals surface area contributed by atoms with Gasteiger partial charge in [-0.3, -0.25) is 0 Å². The molecule has 0 amide bonds. The second kappa shape index (κ2) is 3.28. The predicted molar refractivity (Wildman–Crippen MR) is 47.9 cm³/mol. The third kappa shape index (κ3) is 1.41. The molecule has 1 aromatic rings. The van der Waals surface area contributed by atoms with Crippen LogP contribution in [0.4, 0.5) is 11.5 Å². The van der Waals surface area contributed by atoms with Gasteiger partial charge in [0.05, 0.1) is 11.3 Å². The van der Waals surface area contributed by atoms with Gasteiger partial charge < -0.3 is 11.1 Å². The highest BCUT2D eigenvalue weighted by atomic mass is 35.5. The van der Waals surface area contributed by atoms with Gasteiger partial charge in [-0.25, -0.2) is 4.98 Å². The fourth-order valence-electron chi connectivity index (χ4n) is 0.807. The lowest BCUT2D eigenvalue weighted by molar-refractivity contribution is 1.28. The van der Waals surface area contributed by atoms with Crippen LogP contribution in [0.15, 0.2) is 6.07 Å². The molecule has 3 N–H and O–H groups in total. The molecule has 0 radical (unpaired) electrons. The first-order valence-electron chi connectivity index (χ1n) is 3.23. The van der Waals surface area contributed by atoms with Crippen LogP contribution in [-0.2, 0) is 0 Å². The first kappa shape index (κ1) is 8.62. The van der Waals surface area contributed by atoms with Crippen LogP contribution in [-0.4, -0.2) is 12.0 Å². The van der Waals surface area contributed by atoms with Crippen LogP contribution in [0.1, 0.15) is 5.56 Å². The number of hydrogen-bond donors (Lipinski definition) is 2. The third-order valence-corrected chi connectivity index (χ3v) is 1.58. The van der Waals surface area contributed by atoms with E-state index in [1.165, 1.54) is 6.07 Å². The van der Waals surface area contributed by atoms with Crippen molar-refractivity contribution in [3.05, 3.63) is 16.8 Å². The minimum absolute atomic E-state index is 0.255. The van der Waals surface area contributed by atoms with Gasteiger partial charge in [-0.15, -0.1) is 0 Å². The number of rotatable bonds is 1. The number of halogens is 1. The second-order valence-electron chi connectivity index (χ2n) is 2.12. The monoisotopic (exact) mass is 182 g/mol. The molecule has 0 aromatic carbocycles. The summed E-state index contributed by atoms with van der Waals surface area (Å²) in [4.78, 5) is 3.88. The van der Waals surface area contributed by atoms with Gasteiger partial charge in [-0.2, -0.15) is 5.26 Å². The fourth-order valence-corrected chi connectivity index (χ4v) is 1.00. The number of nitrogen functional groups attached to an aromatic ring is 1. The number of pyridine rings is 1. The summed E-state index contributed by atoms with van der Waals surface area (Å²) < 4.78 is 0. The summed E-state index contributed by atoms with van der Waals surface area (Å²) in [5.41, 5.74) is 6.22. The van der Waals surface area contributed by atoms with E-state index in [1.807, 2.05) is 6.07 Å². The largest absolute Gasteiger partial charge is 0.395 e. The molecule has 0 fully saturated rings. The summed E-state index contributed by atoms with van der Waals surface area (Å²) >= 11 is 5.62. The number of anilines is 2. The number of nitriles is 1. The zero-order valence-corrected chi connectivity index (χ0v) is 7.18. The Bertz CT molecular complexity index is 342. The topological polar surface area (TPSA) is 74.7 Å². The Balaban J connectivity index is 3.34. The standard InChI is InChI=1S/C7H7ClN4/c1-11-7-6(10)4(3-9)2-5(8)12-7/h2H,10H2,1H3,(H,11,12). The molecule has 0 spiro atoms. The van der Waals surface area contributed by atoms with Crippen molar-refractivity contribution in [2.45, 2.75) is 0 Å². The minimum atomic E-state index is 0.255. The van der Waals surface area contributed by atoms with Crippen molar-refractivity contribution < 1.29 is 0 Å². The van der Waals surface area contributed by atoms with Crippen molar-refractivity contribution >= 4 is 23.1 Å². The van der Waals surface area contributed by atoms with E-state index in [-0.39, 0.29) is 5.15 Å². The van der Waals surface area contributed by atoms with Crippen molar-refractivity contribution in [3.8, 4) is 6.07 Å². The normalized spacial score (nSPS) is 9.08. The maximum absolute atomic E-state index is 8.62. The molecular weight excluding hydrogens is 176 g/mol. The van der Waals surface area contributed by atoms with Gasteiger partial charge in [0.2, 0.25) is 0 Å². The van der Waals surface area contributed by atoms with Gasteiger partial charge in [0, 0.05) is 7.05 Å². The molecular formula is C7H7ClN4. The molecule has 0 aliphatic carbocycles. The molecule has 0 bridgehead atoms. The number of nitrogens with zero attached hydrogens (tertiary/aromatic N) is 2. The Morgan fingerprint density at radius 1 is 1.75 bits per heavy atom. The zero-order valence-electron chi connectivity index (χ0n) is 6.43. The second-order valence-corrected chi connectivity index (χ2v) is 2.50. The molecule has 4 nitrogen and oxygen atoms in total. The number of nitrogens with two attached hydrogens (primary N) is 1. The Morgan fingerprint density at radius 3 is 2.92 bits per heavy atom. The van der Waals surface area contributed by atoms with E-state index in [0.717, 1.165) is 0 Å². The fraction of sp³-hybridized carbons (Fsp3) is 0.143. The average molecular weight is 183 g/mol.